The van der Waals surface area contributed by atoms with Crippen molar-refractivity contribution >= 4 is 21.6 Å². The average Bonchev–Trinajstić information content (AvgIpc) is 2.39. The Morgan fingerprint density at radius 1 is 1.11 bits per heavy atom. The molecule has 0 atom stereocenters. The number of nitrogen functional groups attached to an aromatic ring is 1. The number of rotatable bonds is 10. The van der Waals surface area contributed by atoms with Gasteiger partial charge in [0.1, 0.15) is 6.61 Å². The number of nitrogens with zero attached hydrogens (tertiary/aromatic N) is 1. The third-order valence-corrected chi connectivity index (χ3v) is 2.55. The fourth-order valence-corrected chi connectivity index (χ4v) is 1.57. The molecular formula is C12H19BrN2O4. The summed E-state index contributed by atoms with van der Waals surface area (Å²) >= 11 is 3.28. The number of methoxy groups -OCH3 is 1. The molecule has 0 amide bonds. The van der Waals surface area contributed by atoms with Crippen molar-refractivity contribution in [3.8, 4) is 5.88 Å². The van der Waals surface area contributed by atoms with Gasteiger partial charge in [-0.2, -0.15) is 0 Å². The zero-order valence-electron chi connectivity index (χ0n) is 10.9. The number of pyridine rings is 1. The van der Waals surface area contributed by atoms with Crippen LogP contribution in [0.25, 0.3) is 0 Å². The number of hydrogen-bond donors (Lipinski definition) is 1. The van der Waals surface area contributed by atoms with E-state index >= 15 is 0 Å². The highest BCUT2D eigenvalue weighted by Crippen LogP contribution is 2.21. The summed E-state index contributed by atoms with van der Waals surface area (Å²) in [6, 6.07) is 1.74. The molecule has 0 aliphatic heterocycles. The molecule has 1 aromatic rings. The first-order valence-corrected chi connectivity index (χ1v) is 6.71. The van der Waals surface area contributed by atoms with Crippen LogP contribution in [0.5, 0.6) is 5.88 Å². The van der Waals surface area contributed by atoms with Crippen molar-refractivity contribution in [2.45, 2.75) is 0 Å². The lowest BCUT2D eigenvalue weighted by molar-refractivity contribution is 0.0177. The number of nitrogens with two attached hydrogens (primary N) is 1. The summed E-state index contributed by atoms with van der Waals surface area (Å²) in [4.78, 5) is 4.06. The number of halogens is 1. The van der Waals surface area contributed by atoms with Crippen molar-refractivity contribution in [3.63, 3.8) is 0 Å². The van der Waals surface area contributed by atoms with Crippen LogP contribution in [0.2, 0.25) is 0 Å². The van der Waals surface area contributed by atoms with Crippen LogP contribution in [0.3, 0.4) is 0 Å². The maximum Gasteiger partial charge on any atom is 0.237 e. The molecule has 0 aliphatic rings. The van der Waals surface area contributed by atoms with Crippen molar-refractivity contribution in [3.05, 3.63) is 16.7 Å². The molecule has 0 saturated carbocycles. The first kappa shape index (κ1) is 16.2. The van der Waals surface area contributed by atoms with E-state index in [2.05, 4.69) is 20.9 Å². The van der Waals surface area contributed by atoms with Crippen LogP contribution in [0, 0.1) is 0 Å². The second kappa shape index (κ2) is 9.96. The lowest BCUT2D eigenvalue weighted by atomic mass is 10.4. The minimum absolute atomic E-state index is 0.400. The number of aromatic nitrogens is 1. The highest BCUT2D eigenvalue weighted by molar-refractivity contribution is 9.10. The van der Waals surface area contributed by atoms with E-state index in [4.69, 9.17) is 24.7 Å². The van der Waals surface area contributed by atoms with Gasteiger partial charge in [0.2, 0.25) is 5.88 Å². The van der Waals surface area contributed by atoms with Gasteiger partial charge in [-0.25, -0.2) is 4.98 Å². The van der Waals surface area contributed by atoms with E-state index in [9.17, 15) is 0 Å². The Kier molecular flexibility index (Phi) is 8.48. The minimum Gasteiger partial charge on any atom is -0.474 e. The van der Waals surface area contributed by atoms with E-state index in [0.29, 0.717) is 51.2 Å². The summed E-state index contributed by atoms with van der Waals surface area (Å²) in [5.74, 6) is 0.420. The lowest BCUT2D eigenvalue weighted by Gasteiger charge is -2.08. The van der Waals surface area contributed by atoms with E-state index < -0.39 is 0 Å². The monoisotopic (exact) mass is 334 g/mol. The van der Waals surface area contributed by atoms with Gasteiger partial charge < -0.3 is 24.7 Å². The van der Waals surface area contributed by atoms with Crippen LogP contribution >= 0.6 is 15.9 Å². The Balaban J connectivity index is 2.01. The highest BCUT2D eigenvalue weighted by Gasteiger charge is 2.02. The smallest absolute Gasteiger partial charge is 0.237 e. The van der Waals surface area contributed by atoms with E-state index in [1.807, 2.05) is 0 Å². The lowest BCUT2D eigenvalue weighted by Crippen LogP contribution is -2.13. The predicted molar refractivity (Wildman–Crippen MR) is 75.4 cm³/mol. The summed E-state index contributed by atoms with van der Waals surface area (Å²) in [7, 11) is 1.64. The summed E-state index contributed by atoms with van der Waals surface area (Å²) in [5, 5.41) is 0. The Labute approximate surface area is 121 Å². The van der Waals surface area contributed by atoms with E-state index in [0.717, 1.165) is 4.47 Å². The number of anilines is 1. The molecule has 0 spiro atoms. The Morgan fingerprint density at radius 2 is 1.74 bits per heavy atom. The normalized spacial score (nSPS) is 10.6. The fraction of sp³-hybridized carbons (Fsp3) is 0.583. The minimum atomic E-state index is 0.400. The average molecular weight is 335 g/mol. The van der Waals surface area contributed by atoms with Gasteiger partial charge in [0.05, 0.1) is 38.7 Å². The zero-order valence-corrected chi connectivity index (χ0v) is 12.5. The van der Waals surface area contributed by atoms with Crippen LogP contribution < -0.4 is 10.5 Å². The molecule has 2 N–H and O–H groups in total. The first-order valence-electron chi connectivity index (χ1n) is 5.92. The standard InChI is InChI=1S/C12H19BrN2O4/c1-16-2-3-17-4-5-18-6-7-19-12-11(14)8-10(13)9-15-12/h8-9H,2-7,14H2,1H3. The molecule has 0 aliphatic carbocycles. The quantitative estimate of drug-likeness (QED) is 0.653. The highest BCUT2D eigenvalue weighted by atomic mass is 79.9. The first-order chi connectivity index (χ1) is 9.24. The van der Waals surface area contributed by atoms with Gasteiger partial charge in [0.15, 0.2) is 0 Å². The van der Waals surface area contributed by atoms with Gasteiger partial charge in [-0.15, -0.1) is 0 Å². The van der Waals surface area contributed by atoms with Crippen LogP contribution in [0.1, 0.15) is 0 Å². The van der Waals surface area contributed by atoms with Crippen LogP contribution in [0.15, 0.2) is 16.7 Å². The summed E-state index contributed by atoms with van der Waals surface area (Å²) in [6.45, 7) is 3.10. The third-order valence-electron chi connectivity index (χ3n) is 2.12. The molecule has 108 valence electrons. The van der Waals surface area contributed by atoms with Crippen molar-refractivity contribution in [2.75, 3.05) is 52.5 Å². The molecular weight excluding hydrogens is 316 g/mol. The molecule has 1 aromatic heterocycles. The maximum atomic E-state index is 5.74. The molecule has 0 radical (unpaired) electrons. The van der Waals surface area contributed by atoms with Gasteiger partial charge >= 0.3 is 0 Å². The second-order valence-electron chi connectivity index (χ2n) is 3.61. The molecule has 0 unspecified atom stereocenters. The zero-order chi connectivity index (χ0) is 13.9. The summed E-state index contributed by atoms with van der Waals surface area (Å²) < 4.78 is 21.6. The Hall–Kier alpha value is -0.890. The SMILES string of the molecule is COCCOCCOCCOc1ncc(Br)cc1N. The molecule has 0 aromatic carbocycles. The van der Waals surface area contributed by atoms with Crippen LogP contribution in [0.4, 0.5) is 5.69 Å². The fourth-order valence-electron chi connectivity index (χ4n) is 1.22. The van der Waals surface area contributed by atoms with Crippen LogP contribution in [-0.2, 0) is 14.2 Å². The predicted octanol–water partition coefficient (Wildman–Crippen LogP) is 1.48. The molecule has 7 heteroatoms. The van der Waals surface area contributed by atoms with Crippen molar-refractivity contribution in [1.29, 1.82) is 0 Å². The molecule has 19 heavy (non-hydrogen) atoms. The molecule has 1 rings (SSSR count). The van der Waals surface area contributed by atoms with Gasteiger partial charge in [-0.3, -0.25) is 0 Å². The maximum absolute atomic E-state index is 5.74. The van der Waals surface area contributed by atoms with E-state index in [1.54, 1.807) is 19.4 Å². The largest absolute Gasteiger partial charge is 0.474 e. The third kappa shape index (κ3) is 7.31. The van der Waals surface area contributed by atoms with Gasteiger partial charge in [0, 0.05) is 17.8 Å². The topological polar surface area (TPSA) is 75.8 Å². The Bertz CT molecular complexity index is 366. The summed E-state index contributed by atoms with van der Waals surface area (Å²) in [6.07, 6.45) is 1.64. The van der Waals surface area contributed by atoms with Crippen molar-refractivity contribution in [1.82, 2.24) is 4.98 Å². The van der Waals surface area contributed by atoms with Gasteiger partial charge in [-0.1, -0.05) is 0 Å². The van der Waals surface area contributed by atoms with E-state index in [-0.39, 0.29) is 0 Å². The number of ether oxygens (including phenoxy) is 4. The molecule has 0 fully saturated rings. The van der Waals surface area contributed by atoms with Crippen LogP contribution in [-0.4, -0.2) is 51.7 Å². The van der Waals surface area contributed by atoms with Crippen molar-refractivity contribution < 1.29 is 18.9 Å². The van der Waals surface area contributed by atoms with E-state index in [1.165, 1.54) is 0 Å². The molecule has 0 bridgehead atoms. The molecule has 6 nitrogen and oxygen atoms in total. The molecule has 0 saturated heterocycles. The molecule has 1 heterocycles. The summed E-state index contributed by atoms with van der Waals surface area (Å²) in [5.41, 5.74) is 6.24. The Morgan fingerprint density at radius 3 is 2.37 bits per heavy atom. The van der Waals surface area contributed by atoms with Crippen molar-refractivity contribution in [2.24, 2.45) is 0 Å². The van der Waals surface area contributed by atoms with Gasteiger partial charge in [0.25, 0.3) is 0 Å². The van der Waals surface area contributed by atoms with Gasteiger partial charge in [-0.05, 0) is 22.0 Å². The number of hydrogen-bond acceptors (Lipinski definition) is 6. The second-order valence-corrected chi connectivity index (χ2v) is 4.53.